The second-order valence-electron chi connectivity index (χ2n) is 15.0. The average Bonchev–Trinajstić information content (AvgIpc) is 3.62. The molecule has 1 aromatic heterocycles. The molecule has 1 aliphatic rings. The van der Waals surface area contributed by atoms with Crippen LogP contribution >= 0.6 is 11.3 Å². The molecule has 0 fully saturated rings. The Bertz CT molecular complexity index is 2540. The van der Waals surface area contributed by atoms with Crippen molar-refractivity contribution in [1.29, 1.82) is 0 Å². The van der Waals surface area contributed by atoms with Crippen molar-refractivity contribution in [2.45, 2.75) is 45.4 Å². The zero-order valence-corrected chi connectivity index (χ0v) is 29.5. The number of hydrogen-bond donors (Lipinski definition) is 0. The lowest BCUT2D eigenvalue weighted by molar-refractivity contribution is 0.590. The van der Waals surface area contributed by atoms with Gasteiger partial charge in [0.25, 0.3) is 0 Å². The van der Waals surface area contributed by atoms with Crippen LogP contribution in [0, 0.1) is 0 Å². The minimum atomic E-state index is -0.0841. The number of anilines is 3. The summed E-state index contributed by atoms with van der Waals surface area (Å²) in [7, 11) is 0. The molecule has 0 amide bonds. The molecule has 0 bridgehead atoms. The maximum absolute atomic E-state index is 2.48. The predicted molar refractivity (Wildman–Crippen MR) is 213 cm³/mol. The maximum Gasteiger partial charge on any atom is 0.0640 e. The molecule has 0 saturated heterocycles. The van der Waals surface area contributed by atoms with Crippen LogP contribution in [0.5, 0.6) is 0 Å². The van der Waals surface area contributed by atoms with E-state index in [9.17, 15) is 0 Å². The molecule has 0 unspecified atom stereocenters. The number of benzene rings is 7. The summed E-state index contributed by atoms with van der Waals surface area (Å²) in [6.45, 7) is 11.5. The highest BCUT2D eigenvalue weighted by atomic mass is 32.1. The Morgan fingerprint density at radius 2 is 1.14 bits per heavy atom. The average molecular weight is 650 g/mol. The summed E-state index contributed by atoms with van der Waals surface area (Å²) in [4.78, 5) is 2.48. The van der Waals surface area contributed by atoms with E-state index in [0.717, 1.165) is 5.69 Å². The van der Waals surface area contributed by atoms with Gasteiger partial charge in [0.05, 0.1) is 10.4 Å². The topological polar surface area (TPSA) is 3.24 Å². The minimum absolute atomic E-state index is 0.0841. The van der Waals surface area contributed by atoms with Gasteiger partial charge in [-0.1, -0.05) is 150 Å². The molecule has 0 spiro atoms. The number of nitrogens with zero attached hydrogens (tertiary/aromatic N) is 1. The molecule has 1 nitrogen and oxygen atoms in total. The lowest BCUT2D eigenvalue weighted by atomic mass is 9.82. The van der Waals surface area contributed by atoms with E-state index in [2.05, 4.69) is 185 Å². The summed E-state index contributed by atoms with van der Waals surface area (Å²) in [5, 5.41) is 5.22. The Labute approximate surface area is 293 Å². The standard InChI is InChI=1S/C47H39NS/c1-46(2,3)33-22-17-30(18-23-33)31-19-24-34(25-20-31)48(35-26-28-38-37-13-8-9-15-41(37)47(4,5)42(38)29-35)43-16-10-14-39-40-27-21-32-11-6-7-12-36(32)44(40)49-45(39)43/h6-29H,1-5H3. The van der Waals surface area contributed by atoms with Crippen LogP contribution in [0.25, 0.3) is 53.2 Å². The van der Waals surface area contributed by atoms with Crippen molar-refractivity contribution < 1.29 is 0 Å². The molecule has 2 heteroatoms. The Balaban J connectivity index is 1.23. The number of rotatable bonds is 4. The van der Waals surface area contributed by atoms with Gasteiger partial charge in [-0.2, -0.15) is 0 Å². The molecule has 1 aliphatic carbocycles. The van der Waals surface area contributed by atoms with Crippen LogP contribution in [0.15, 0.2) is 146 Å². The summed E-state index contributed by atoms with van der Waals surface area (Å²) >= 11 is 1.91. The summed E-state index contributed by atoms with van der Waals surface area (Å²) < 4.78 is 2.65. The smallest absolute Gasteiger partial charge is 0.0640 e. The first-order valence-corrected chi connectivity index (χ1v) is 18.1. The zero-order chi connectivity index (χ0) is 33.5. The minimum Gasteiger partial charge on any atom is -0.309 e. The number of hydrogen-bond acceptors (Lipinski definition) is 2. The van der Waals surface area contributed by atoms with Crippen molar-refractivity contribution in [1.82, 2.24) is 0 Å². The van der Waals surface area contributed by atoms with Crippen LogP contribution in [0.3, 0.4) is 0 Å². The van der Waals surface area contributed by atoms with Gasteiger partial charge in [-0.25, -0.2) is 0 Å². The molecule has 49 heavy (non-hydrogen) atoms. The fourth-order valence-electron chi connectivity index (χ4n) is 7.91. The van der Waals surface area contributed by atoms with Crippen LogP contribution in [0.4, 0.5) is 17.1 Å². The van der Waals surface area contributed by atoms with Crippen LogP contribution in [0.2, 0.25) is 0 Å². The number of thiophene rings is 1. The van der Waals surface area contributed by atoms with Gasteiger partial charge in [0.2, 0.25) is 0 Å². The van der Waals surface area contributed by atoms with E-state index in [0.29, 0.717) is 0 Å². The molecule has 0 radical (unpaired) electrons. The van der Waals surface area contributed by atoms with Crippen LogP contribution in [-0.4, -0.2) is 0 Å². The third-order valence-corrected chi connectivity index (χ3v) is 11.9. The third kappa shape index (κ3) is 4.73. The zero-order valence-electron chi connectivity index (χ0n) is 28.7. The Hall–Kier alpha value is -5.18. The van der Waals surface area contributed by atoms with E-state index < -0.39 is 0 Å². The van der Waals surface area contributed by atoms with Gasteiger partial charge in [-0.3, -0.25) is 0 Å². The van der Waals surface area contributed by atoms with Crippen molar-refractivity contribution in [3.05, 3.63) is 162 Å². The Morgan fingerprint density at radius 1 is 0.510 bits per heavy atom. The van der Waals surface area contributed by atoms with E-state index in [1.165, 1.54) is 81.3 Å². The molecule has 0 atom stereocenters. The van der Waals surface area contributed by atoms with Gasteiger partial charge in [0.1, 0.15) is 0 Å². The molecule has 1 heterocycles. The Morgan fingerprint density at radius 3 is 1.92 bits per heavy atom. The second-order valence-corrected chi connectivity index (χ2v) is 16.0. The molecule has 238 valence electrons. The van der Waals surface area contributed by atoms with Crippen LogP contribution in [-0.2, 0) is 10.8 Å². The quantitative estimate of drug-likeness (QED) is 0.183. The van der Waals surface area contributed by atoms with Crippen molar-refractivity contribution in [2.75, 3.05) is 4.90 Å². The van der Waals surface area contributed by atoms with E-state index in [1.54, 1.807) is 0 Å². The van der Waals surface area contributed by atoms with Gasteiger partial charge in [-0.15, -0.1) is 11.3 Å². The van der Waals surface area contributed by atoms with Gasteiger partial charge in [0, 0.05) is 32.3 Å². The van der Waals surface area contributed by atoms with E-state index in [4.69, 9.17) is 0 Å². The van der Waals surface area contributed by atoms with Gasteiger partial charge in [-0.05, 0) is 85.5 Å². The third-order valence-electron chi connectivity index (χ3n) is 10.6. The number of fused-ring (bicyclic) bond motifs is 8. The highest BCUT2D eigenvalue weighted by molar-refractivity contribution is 7.27. The Kier molecular flexibility index (Phi) is 6.67. The summed E-state index contributed by atoms with van der Waals surface area (Å²) in [6, 6.07) is 54.3. The first-order valence-electron chi connectivity index (χ1n) is 17.3. The van der Waals surface area contributed by atoms with Crippen molar-refractivity contribution in [2.24, 2.45) is 0 Å². The monoisotopic (exact) mass is 649 g/mol. The highest BCUT2D eigenvalue weighted by Gasteiger charge is 2.36. The summed E-state index contributed by atoms with van der Waals surface area (Å²) in [6.07, 6.45) is 0. The van der Waals surface area contributed by atoms with E-state index in [1.807, 2.05) is 11.3 Å². The molecule has 0 aliphatic heterocycles. The fourth-order valence-corrected chi connectivity index (χ4v) is 9.25. The molecule has 0 saturated carbocycles. The van der Waals surface area contributed by atoms with Crippen LogP contribution in [0.1, 0.15) is 51.3 Å². The molecular weight excluding hydrogens is 611 g/mol. The molecule has 8 aromatic rings. The molecular formula is C47H39NS. The first-order chi connectivity index (χ1) is 23.7. The van der Waals surface area contributed by atoms with E-state index in [-0.39, 0.29) is 10.8 Å². The van der Waals surface area contributed by atoms with Gasteiger partial charge >= 0.3 is 0 Å². The molecule has 7 aromatic carbocycles. The maximum atomic E-state index is 2.48. The lowest BCUT2D eigenvalue weighted by Gasteiger charge is -2.28. The SMILES string of the molecule is CC(C)(C)c1ccc(-c2ccc(N(c3ccc4c(c3)C(C)(C)c3ccccc3-4)c3cccc4c3sc3c5ccccc5ccc43)cc2)cc1. The van der Waals surface area contributed by atoms with Crippen LogP contribution < -0.4 is 4.90 Å². The van der Waals surface area contributed by atoms with E-state index >= 15 is 0 Å². The lowest BCUT2D eigenvalue weighted by Crippen LogP contribution is -2.16. The second kappa shape index (κ2) is 10.9. The largest absolute Gasteiger partial charge is 0.309 e. The normalized spacial score (nSPS) is 13.6. The van der Waals surface area contributed by atoms with Crippen molar-refractivity contribution in [3.63, 3.8) is 0 Å². The fraction of sp³-hybridized carbons (Fsp3) is 0.149. The highest BCUT2D eigenvalue weighted by Crippen LogP contribution is 2.52. The van der Waals surface area contributed by atoms with Gasteiger partial charge in [0.15, 0.2) is 0 Å². The molecule has 0 N–H and O–H groups in total. The summed E-state index contributed by atoms with van der Waals surface area (Å²) in [5.41, 5.74) is 12.9. The van der Waals surface area contributed by atoms with Gasteiger partial charge < -0.3 is 4.90 Å². The first kappa shape index (κ1) is 29.9. The molecule has 9 rings (SSSR count). The van der Waals surface area contributed by atoms with Crippen molar-refractivity contribution >= 4 is 59.3 Å². The van der Waals surface area contributed by atoms with Crippen molar-refractivity contribution in [3.8, 4) is 22.3 Å². The predicted octanol–water partition coefficient (Wildman–Crippen LogP) is 13.9. The summed E-state index contributed by atoms with van der Waals surface area (Å²) in [5.74, 6) is 0.